The molecule has 0 fully saturated rings. The molecule has 1 nitrogen and oxygen atoms in total. The average molecular weight is 693 g/mol. The van der Waals surface area contributed by atoms with Crippen LogP contribution in [0.4, 0.5) is 0 Å². The number of ether oxygens (including phenoxy) is 1. The van der Waals surface area contributed by atoms with E-state index in [-0.39, 0.29) is 10.6 Å². The van der Waals surface area contributed by atoms with E-state index in [1.165, 1.54) is 71.6 Å². The summed E-state index contributed by atoms with van der Waals surface area (Å²) >= 11 is 0. The molecule has 0 heterocycles. The number of rotatable bonds is 10. The lowest BCUT2D eigenvalue weighted by Crippen LogP contribution is -2.55. The van der Waals surface area contributed by atoms with Gasteiger partial charge in [0, 0.05) is 5.54 Å². The van der Waals surface area contributed by atoms with Gasteiger partial charge in [0.1, 0.15) is 12.4 Å². The topological polar surface area (TPSA) is 9.23 Å². The highest BCUT2D eigenvalue weighted by atomic mass is 28.3. The van der Waals surface area contributed by atoms with Crippen molar-refractivity contribution < 1.29 is 4.74 Å². The van der Waals surface area contributed by atoms with E-state index in [2.05, 4.69) is 171 Å². The van der Waals surface area contributed by atoms with E-state index in [0.717, 1.165) is 18.6 Å². The van der Waals surface area contributed by atoms with Crippen LogP contribution in [0.3, 0.4) is 0 Å². The zero-order chi connectivity index (χ0) is 36.0. The van der Waals surface area contributed by atoms with Crippen LogP contribution in [0, 0.1) is 6.92 Å². The summed E-state index contributed by atoms with van der Waals surface area (Å²) in [4.78, 5) is 0. The highest BCUT2D eigenvalue weighted by Crippen LogP contribution is 2.51. The molecule has 258 valence electrons. The molecule has 0 spiro atoms. The van der Waals surface area contributed by atoms with Crippen LogP contribution in [-0.4, -0.2) is 22.8 Å². The molecule has 50 heavy (non-hydrogen) atoms. The van der Waals surface area contributed by atoms with Crippen molar-refractivity contribution in [2.24, 2.45) is 0 Å². The second-order valence-corrected chi connectivity index (χ2v) is 26.4. The van der Waals surface area contributed by atoms with Crippen LogP contribution in [0.2, 0.25) is 31.2 Å². The number of hydrogen-bond acceptors (Lipinski definition) is 1. The van der Waals surface area contributed by atoms with Crippen molar-refractivity contribution in [3.05, 3.63) is 138 Å². The SMILES string of the molecule is C=CCOc1c([Si](C)(C)C2c3cc(-c4cccc(CC)c4)ccc3-c3ccc(-c4cccc(CC)c4)cc32)cc(C)cc1[Si](C)(C)C(C)(C)C. The minimum atomic E-state index is -2.36. The summed E-state index contributed by atoms with van der Waals surface area (Å²) < 4.78 is 6.86. The lowest BCUT2D eigenvalue weighted by molar-refractivity contribution is 0.368. The third kappa shape index (κ3) is 6.40. The minimum Gasteiger partial charge on any atom is -0.490 e. The standard InChI is InChI=1S/C47H56OSi2/c1-12-25-48-45-43(26-32(4)27-44(45)50(10,11)47(5,6)7)49(8,9)46-41-30-37(35-19-15-17-33(13-2)28-35)21-23-39(41)40-24-22-38(31-42(40)46)36-20-16-18-34(14-3)29-36/h12,15-24,26-31,46H,1,13-14,25H2,2-11H3. The molecule has 0 amide bonds. The molecule has 1 aliphatic carbocycles. The molecule has 0 unspecified atom stereocenters. The van der Waals surface area contributed by atoms with Crippen molar-refractivity contribution in [1.29, 1.82) is 0 Å². The normalized spacial score (nSPS) is 13.2. The zero-order valence-electron chi connectivity index (χ0n) is 32.1. The Morgan fingerprint density at radius 3 is 1.60 bits per heavy atom. The van der Waals surface area contributed by atoms with Gasteiger partial charge in [-0.15, -0.1) is 0 Å². The molecule has 6 rings (SSSR count). The maximum atomic E-state index is 6.86. The highest BCUT2D eigenvalue weighted by Gasteiger charge is 2.46. The van der Waals surface area contributed by atoms with Crippen molar-refractivity contribution in [3.63, 3.8) is 0 Å². The van der Waals surface area contributed by atoms with Crippen LogP contribution in [0.1, 0.15) is 68.0 Å². The Balaban J connectivity index is 1.62. The molecule has 5 aromatic carbocycles. The molecule has 1 aliphatic rings. The summed E-state index contributed by atoms with van der Waals surface area (Å²) in [6, 6.07) is 37.6. The largest absolute Gasteiger partial charge is 0.490 e. The maximum absolute atomic E-state index is 6.86. The lowest BCUT2D eigenvalue weighted by atomic mass is 9.96. The van der Waals surface area contributed by atoms with Gasteiger partial charge in [-0.3, -0.25) is 0 Å². The van der Waals surface area contributed by atoms with Crippen LogP contribution in [0.25, 0.3) is 33.4 Å². The first-order valence-electron chi connectivity index (χ1n) is 18.6. The fourth-order valence-corrected chi connectivity index (χ4v) is 13.9. The van der Waals surface area contributed by atoms with Gasteiger partial charge in [-0.05, 0) is 90.8 Å². The highest BCUT2D eigenvalue weighted by molar-refractivity contribution is 6.95. The molecule has 5 aromatic rings. The molecule has 0 saturated carbocycles. The van der Waals surface area contributed by atoms with Crippen molar-refractivity contribution in [2.45, 2.75) is 91.2 Å². The van der Waals surface area contributed by atoms with E-state index >= 15 is 0 Å². The van der Waals surface area contributed by atoms with Gasteiger partial charge in [0.15, 0.2) is 0 Å². The van der Waals surface area contributed by atoms with Crippen LogP contribution < -0.4 is 15.1 Å². The maximum Gasteiger partial charge on any atom is 0.118 e. The van der Waals surface area contributed by atoms with Gasteiger partial charge in [-0.25, -0.2) is 0 Å². The van der Waals surface area contributed by atoms with Crippen LogP contribution in [-0.2, 0) is 12.8 Å². The number of benzene rings is 5. The number of aryl methyl sites for hydroxylation is 3. The summed E-state index contributed by atoms with van der Waals surface area (Å²) in [5, 5.41) is 3.04. The predicted octanol–water partition coefficient (Wildman–Crippen LogP) is 12.0. The van der Waals surface area contributed by atoms with Crippen LogP contribution in [0.5, 0.6) is 5.75 Å². The van der Waals surface area contributed by atoms with E-state index in [0.29, 0.717) is 6.61 Å². The second kappa shape index (κ2) is 13.7. The van der Waals surface area contributed by atoms with Gasteiger partial charge in [-0.1, -0.05) is 176 Å². The first kappa shape index (κ1) is 35.9. The van der Waals surface area contributed by atoms with Gasteiger partial charge in [0.05, 0.1) is 16.1 Å². The summed E-state index contributed by atoms with van der Waals surface area (Å²) in [5.41, 5.74) is 15.2. The number of hydrogen-bond donors (Lipinski definition) is 0. The summed E-state index contributed by atoms with van der Waals surface area (Å²) in [6.07, 6.45) is 3.97. The Morgan fingerprint density at radius 1 is 0.660 bits per heavy atom. The van der Waals surface area contributed by atoms with Crippen molar-refractivity contribution in [2.75, 3.05) is 6.61 Å². The van der Waals surface area contributed by atoms with Gasteiger partial charge in [-0.2, -0.15) is 0 Å². The molecule has 3 heteroatoms. The molecule has 0 atom stereocenters. The smallest absolute Gasteiger partial charge is 0.118 e. The second-order valence-electron chi connectivity index (χ2n) is 16.5. The van der Waals surface area contributed by atoms with Crippen molar-refractivity contribution >= 4 is 26.5 Å². The van der Waals surface area contributed by atoms with Gasteiger partial charge in [0.25, 0.3) is 0 Å². The van der Waals surface area contributed by atoms with Gasteiger partial charge in [0.2, 0.25) is 0 Å². The molecule has 0 saturated heterocycles. The molecular formula is C47H56OSi2. The van der Waals surface area contributed by atoms with Gasteiger partial charge < -0.3 is 4.74 Å². The minimum absolute atomic E-state index is 0.173. The van der Waals surface area contributed by atoms with E-state index in [1.807, 2.05) is 6.08 Å². The van der Waals surface area contributed by atoms with E-state index in [1.54, 1.807) is 0 Å². The lowest BCUT2D eigenvalue weighted by Gasteiger charge is -2.41. The fourth-order valence-electron chi connectivity index (χ4n) is 7.91. The van der Waals surface area contributed by atoms with E-state index in [4.69, 9.17) is 4.74 Å². The van der Waals surface area contributed by atoms with Gasteiger partial charge >= 0.3 is 0 Å². The first-order valence-corrected chi connectivity index (χ1v) is 24.6. The van der Waals surface area contributed by atoms with E-state index in [9.17, 15) is 0 Å². The van der Waals surface area contributed by atoms with Crippen LogP contribution >= 0.6 is 0 Å². The monoisotopic (exact) mass is 692 g/mol. The Labute approximate surface area is 304 Å². The Morgan fingerprint density at radius 2 is 1.14 bits per heavy atom. The molecule has 0 aromatic heterocycles. The van der Waals surface area contributed by atoms with Crippen LogP contribution in [0.15, 0.2) is 110 Å². The molecule has 0 aliphatic heterocycles. The average Bonchev–Trinajstić information content (AvgIpc) is 3.44. The van der Waals surface area contributed by atoms with Crippen molar-refractivity contribution in [3.8, 4) is 39.1 Å². The predicted molar refractivity (Wildman–Crippen MR) is 224 cm³/mol. The number of fused-ring (bicyclic) bond motifs is 3. The Hall–Kier alpha value is -3.93. The molecule has 0 radical (unpaired) electrons. The Kier molecular flexibility index (Phi) is 9.80. The summed E-state index contributed by atoms with van der Waals surface area (Å²) in [7, 11) is -4.33. The molecule has 0 bridgehead atoms. The first-order chi connectivity index (χ1) is 23.7. The fraction of sp³-hybridized carbons (Fsp3) is 0.319. The zero-order valence-corrected chi connectivity index (χ0v) is 34.1. The third-order valence-electron chi connectivity index (χ3n) is 11.9. The quantitative estimate of drug-likeness (QED) is 0.105. The summed E-state index contributed by atoms with van der Waals surface area (Å²) in [5.74, 6) is 1.13. The van der Waals surface area contributed by atoms with Crippen molar-refractivity contribution in [1.82, 2.24) is 0 Å². The van der Waals surface area contributed by atoms with E-state index < -0.39 is 16.1 Å². The molecule has 0 N–H and O–H groups in total. The molecular weight excluding hydrogens is 637 g/mol. The Bertz CT molecular complexity index is 1960. The third-order valence-corrected chi connectivity index (χ3v) is 21.2. The summed E-state index contributed by atoms with van der Waals surface area (Å²) in [6.45, 7) is 28.8.